The standard InChI is InChI=1S/C21H15N3O2/c22-19(25)16-11-5-7-13-18(16)26-21-15-10-4-6-12-17(15)23-20(24-21)14-8-2-1-3-9-14/h1-13H,(H2,22,25). The van der Waals surface area contributed by atoms with E-state index in [-0.39, 0.29) is 0 Å². The lowest BCUT2D eigenvalue weighted by molar-refractivity contribution is 0.0998. The maximum atomic E-state index is 11.7. The smallest absolute Gasteiger partial charge is 0.252 e. The zero-order valence-electron chi connectivity index (χ0n) is 13.8. The molecule has 126 valence electrons. The summed E-state index contributed by atoms with van der Waals surface area (Å²) >= 11 is 0. The Balaban J connectivity index is 1.88. The molecule has 4 rings (SSSR count). The van der Waals surface area contributed by atoms with Crippen LogP contribution in [0.4, 0.5) is 0 Å². The molecule has 0 saturated heterocycles. The van der Waals surface area contributed by atoms with Crippen molar-refractivity contribution in [3.63, 3.8) is 0 Å². The second kappa shape index (κ2) is 6.64. The molecular formula is C21H15N3O2. The predicted octanol–water partition coefficient (Wildman–Crippen LogP) is 4.19. The Kier molecular flexibility index (Phi) is 4.03. The Morgan fingerprint density at radius 1 is 0.808 bits per heavy atom. The van der Waals surface area contributed by atoms with E-state index < -0.39 is 5.91 Å². The second-order valence-corrected chi connectivity index (χ2v) is 5.70. The molecule has 0 spiro atoms. The van der Waals surface area contributed by atoms with Gasteiger partial charge in [-0.15, -0.1) is 0 Å². The number of hydrogen-bond acceptors (Lipinski definition) is 4. The normalized spacial score (nSPS) is 10.6. The third-order valence-corrected chi connectivity index (χ3v) is 3.96. The Bertz CT molecular complexity index is 1090. The van der Waals surface area contributed by atoms with E-state index in [1.54, 1.807) is 24.3 Å². The molecule has 0 fully saturated rings. The van der Waals surface area contributed by atoms with E-state index in [1.807, 2.05) is 54.6 Å². The van der Waals surface area contributed by atoms with E-state index in [0.717, 1.165) is 16.5 Å². The molecule has 0 radical (unpaired) electrons. The zero-order valence-corrected chi connectivity index (χ0v) is 13.8. The Morgan fingerprint density at radius 3 is 2.31 bits per heavy atom. The largest absolute Gasteiger partial charge is 0.437 e. The molecule has 0 unspecified atom stereocenters. The number of aromatic nitrogens is 2. The fraction of sp³-hybridized carbons (Fsp3) is 0. The first-order valence-electron chi connectivity index (χ1n) is 8.11. The van der Waals surface area contributed by atoms with Gasteiger partial charge in [0.1, 0.15) is 5.75 Å². The molecule has 5 nitrogen and oxygen atoms in total. The summed E-state index contributed by atoms with van der Waals surface area (Å²) in [6.45, 7) is 0. The Morgan fingerprint density at radius 2 is 1.50 bits per heavy atom. The van der Waals surface area contributed by atoms with Crippen molar-refractivity contribution in [3.05, 3.63) is 84.4 Å². The highest BCUT2D eigenvalue weighted by Crippen LogP contribution is 2.31. The summed E-state index contributed by atoms with van der Waals surface area (Å²) in [5.41, 5.74) is 7.39. The van der Waals surface area contributed by atoms with Gasteiger partial charge in [0.2, 0.25) is 5.88 Å². The Labute approximate surface area is 150 Å². The van der Waals surface area contributed by atoms with Crippen molar-refractivity contribution < 1.29 is 9.53 Å². The number of para-hydroxylation sites is 2. The summed E-state index contributed by atoms with van der Waals surface area (Å²) in [5.74, 6) is 0.740. The van der Waals surface area contributed by atoms with Crippen LogP contribution in [-0.4, -0.2) is 15.9 Å². The van der Waals surface area contributed by atoms with Crippen molar-refractivity contribution in [1.82, 2.24) is 9.97 Å². The summed E-state index contributed by atoms with van der Waals surface area (Å²) in [7, 11) is 0. The molecule has 26 heavy (non-hydrogen) atoms. The molecule has 0 aliphatic carbocycles. The molecule has 1 heterocycles. The first-order chi connectivity index (χ1) is 12.7. The highest BCUT2D eigenvalue weighted by molar-refractivity contribution is 5.96. The quantitative estimate of drug-likeness (QED) is 0.604. The highest BCUT2D eigenvalue weighted by atomic mass is 16.5. The molecule has 4 aromatic rings. The van der Waals surface area contributed by atoms with Crippen LogP contribution >= 0.6 is 0 Å². The SMILES string of the molecule is NC(=O)c1ccccc1Oc1nc(-c2ccccc2)nc2ccccc12. The molecule has 0 aliphatic rings. The number of nitrogens with zero attached hydrogens (tertiary/aromatic N) is 2. The van der Waals surface area contributed by atoms with Gasteiger partial charge in [-0.1, -0.05) is 54.6 Å². The van der Waals surface area contributed by atoms with Gasteiger partial charge in [-0.05, 0) is 24.3 Å². The number of nitrogens with two attached hydrogens (primary N) is 1. The minimum atomic E-state index is -0.553. The molecule has 3 aromatic carbocycles. The van der Waals surface area contributed by atoms with Gasteiger partial charge in [0.25, 0.3) is 5.91 Å². The van der Waals surface area contributed by atoms with E-state index in [0.29, 0.717) is 23.0 Å². The molecule has 0 saturated carbocycles. The third-order valence-electron chi connectivity index (χ3n) is 3.96. The van der Waals surface area contributed by atoms with Gasteiger partial charge in [0, 0.05) is 5.56 Å². The number of carbonyl (C=O) groups is 1. The average Bonchev–Trinajstić information content (AvgIpc) is 2.69. The van der Waals surface area contributed by atoms with E-state index in [4.69, 9.17) is 10.5 Å². The van der Waals surface area contributed by atoms with Gasteiger partial charge in [-0.3, -0.25) is 4.79 Å². The molecule has 1 amide bonds. The number of fused-ring (bicyclic) bond motifs is 1. The van der Waals surface area contributed by atoms with Gasteiger partial charge in [0.05, 0.1) is 16.5 Å². The summed E-state index contributed by atoms with van der Waals surface area (Å²) < 4.78 is 5.99. The fourth-order valence-electron chi connectivity index (χ4n) is 2.70. The number of hydrogen-bond donors (Lipinski definition) is 1. The summed E-state index contributed by atoms with van der Waals surface area (Å²) in [5, 5.41) is 0.756. The topological polar surface area (TPSA) is 78.1 Å². The fourth-order valence-corrected chi connectivity index (χ4v) is 2.70. The number of benzene rings is 3. The molecule has 2 N–H and O–H groups in total. The van der Waals surface area contributed by atoms with Crippen LogP contribution < -0.4 is 10.5 Å². The number of primary amides is 1. The highest BCUT2D eigenvalue weighted by Gasteiger charge is 2.14. The van der Waals surface area contributed by atoms with Crippen LogP contribution in [0.1, 0.15) is 10.4 Å². The van der Waals surface area contributed by atoms with Crippen molar-refractivity contribution in [2.24, 2.45) is 5.73 Å². The lowest BCUT2D eigenvalue weighted by Crippen LogP contribution is -2.12. The third kappa shape index (κ3) is 2.98. The van der Waals surface area contributed by atoms with Gasteiger partial charge >= 0.3 is 0 Å². The number of rotatable bonds is 4. The van der Waals surface area contributed by atoms with E-state index in [2.05, 4.69) is 9.97 Å². The number of ether oxygens (including phenoxy) is 1. The van der Waals surface area contributed by atoms with Crippen LogP contribution in [0.5, 0.6) is 11.6 Å². The second-order valence-electron chi connectivity index (χ2n) is 5.70. The number of amides is 1. The van der Waals surface area contributed by atoms with E-state index >= 15 is 0 Å². The average molecular weight is 341 g/mol. The molecule has 0 atom stereocenters. The maximum absolute atomic E-state index is 11.7. The van der Waals surface area contributed by atoms with Crippen molar-refractivity contribution in [2.45, 2.75) is 0 Å². The van der Waals surface area contributed by atoms with Crippen molar-refractivity contribution in [3.8, 4) is 23.0 Å². The summed E-state index contributed by atoms with van der Waals surface area (Å²) in [4.78, 5) is 20.9. The van der Waals surface area contributed by atoms with Crippen molar-refractivity contribution in [1.29, 1.82) is 0 Å². The molecule has 5 heteroatoms. The predicted molar refractivity (Wildman–Crippen MR) is 100 cm³/mol. The van der Waals surface area contributed by atoms with E-state index in [1.165, 1.54) is 0 Å². The lowest BCUT2D eigenvalue weighted by atomic mass is 10.2. The lowest BCUT2D eigenvalue weighted by Gasteiger charge is -2.12. The molecular weight excluding hydrogens is 326 g/mol. The van der Waals surface area contributed by atoms with Crippen LogP contribution in [0.3, 0.4) is 0 Å². The van der Waals surface area contributed by atoms with Crippen LogP contribution in [0.25, 0.3) is 22.3 Å². The minimum Gasteiger partial charge on any atom is -0.437 e. The summed E-state index contributed by atoms with van der Waals surface area (Å²) in [6, 6.07) is 24.1. The van der Waals surface area contributed by atoms with E-state index in [9.17, 15) is 4.79 Å². The van der Waals surface area contributed by atoms with Gasteiger partial charge in [-0.2, -0.15) is 4.98 Å². The first kappa shape index (κ1) is 15.8. The van der Waals surface area contributed by atoms with Crippen LogP contribution in [0.2, 0.25) is 0 Å². The number of carbonyl (C=O) groups excluding carboxylic acids is 1. The van der Waals surface area contributed by atoms with Gasteiger partial charge in [-0.25, -0.2) is 4.98 Å². The van der Waals surface area contributed by atoms with Gasteiger partial charge in [0.15, 0.2) is 5.82 Å². The molecule has 1 aromatic heterocycles. The first-order valence-corrected chi connectivity index (χ1v) is 8.11. The summed E-state index contributed by atoms with van der Waals surface area (Å²) in [6.07, 6.45) is 0. The van der Waals surface area contributed by atoms with Crippen LogP contribution in [-0.2, 0) is 0 Å². The van der Waals surface area contributed by atoms with Gasteiger partial charge < -0.3 is 10.5 Å². The van der Waals surface area contributed by atoms with Crippen molar-refractivity contribution >= 4 is 16.8 Å². The van der Waals surface area contributed by atoms with Crippen LogP contribution in [0.15, 0.2) is 78.9 Å². The Hall–Kier alpha value is -3.73. The monoisotopic (exact) mass is 341 g/mol. The maximum Gasteiger partial charge on any atom is 0.252 e. The van der Waals surface area contributed by atoms with Crippen LogP contribution in [0, 0.1) is 0 Å². The minimum absolute atomic E-state index is 0.302. The molecule has 0 aliphatic heterocycles. The molecule has 0 bridgehead atoms. The van der Waals surface area contributed by atoms with Crippen molar-refractivity contribution in [2.75, 3.05) is 0 Å². The zero-order chi connectivity index (χ0) is 17.9.